The van der Waals surface area contributed by atoms with Gasteiger partial charge in [0.2, 0.25) is 0 Å². The maximum absolute atomic E-state index is 11.0. The summed E-state index contributed by atoms with van der Waals surface area (Å²) in [4.78, 5) is 0. The highest BCUT2D eigenvalue weighted by Gasteiger charge is 2.69. The normalized spacial score (nSPS) is 55.1. The lowest BCUT2D eigenvalue weighted by Crippen LogP contribution is -2.66. The monoisotopic (exact) mass is 486 g/mol. The van der Waals surface area contributed by atoms with E-state index < -0.39 is 0 Å². The van der Waals surface area contributed by atoms with Gasteiger partial charge in [-0.2, -0.15) is 0 Å². The fourth-order valence-corrected chi connectivity index (χ4v) is 11.1. The standard InChI is InChI=1S/C32H54O3/c1-9-35-26-19-27(2,3)18-22-21-10-11-24-29(5)14-13-25(34)30(6,20-33)23(29)12-15-32(24,8)31(21,7)17-16-28(22,26)4/h10,22-26,33-34H,9,11-20H2,1-8H3/t22-,23?,24-,25+,26-,28-,29+,30+,31-,32-/m1/s1. The third-order valence-electron chi connectivity index (χ3n) is 13.6. The van der Waals surface area contributed by atoms with E-state index in [0.717, 1.165) is 25.9 Å². The van der Waals surface area contributed by atoms with Crippen LogP contribution >= 0.6 is 0 Å². The van der Waals surface area contributed by atoms with Crippen LogP contribution in [0.15, 0.2) is 11.6 Å². The van der Waals surface area contributed by atoms with Crippen molar-refractivity contribution in [3.8, 4) is 0 Å². The van der Waals surface area contributed by atoms with Crippen LogP contribution in [0.2, 0.25) is 0 Å². The number of hydrogen-bond donors (Lipinski definition) is 2. The summed E-state index contributed by atoms with van der Waals surface area (Å²) in [5.41, 5.74) is 2.62. The van der Waals surface area contributed by atoms with Gasteiger partial charge in [0.1, 0.15) is 0 Å². The van der Waals surface area contributed by atoms with Crippen molar-refractivity contribution in [1.29, 1.82) is 0 Å². The average Bonchev–Trinajstić information content (AvgIpc) is 2.78. The Hall–Kier alpha value is -0.380. The molecule has 0 aromatic heterocycles. The van der Waals surface area contributed by atoms with Crippen LogP contribution in [0, 0.1) is 50.2 Å². The van der Waals surface area contributed by atoms with Crippen LogP contribution in [0.4, 0.5) is 0 Å². The summed E-state index contributed by atoms with van der Waals surface area (Å²) >= 11 is 0. The van der Waals surface area contributed by atoms with Gasteiger partial charge in [-0.15, -0.1) is 0 Å². The summed E-state index contributed by atoms with van der Waals surface area (Å²) in [7, 11) is 0. The summed E-state index contributed by atoms with van der Waals surface area (Å²) in [6, 6.07) is 0. The molecule has 10 atom stereocenters. The summed E-state index contributed by atoms with van der Waals surface area (Å²) in [5, 5.41) is 21.4. The molecule has 0 spiro atoms. The first-order chi connectivity index (χ1) is 16.2. The van der Waals surface area contributed by atoms with Gasteiger partial charge in [-0.05, 0) is 104 Å². The molecule has 1 unspecified atom stereocenters. The fraction of sp³-hybridized carbons (Fsp3) is 0.938. The Morgan fingerprint density at radius 3 is 2.26 bits per heavy atom. The topological polar surface area (TPSA) is 49.7 Å². The van der Waals surface area contributed by atoms with Gasteiger partial charge in [-0.25, -0.2) is 0 Å². The van der Waals surface area contributed by atoms with E-state index in [1.165, 1.54) is 38.5 Å². The van der Waals surface area contributed by atoms with Crippen molar-refractivity contribution in [2.75, 3.05) is 13.2 Å². The molecule has 5 aliphatic rings. The number of rotatable bonds is 3. The van der Waals surface area contributed by atoms with Crippen molar-refractivity contribution in [2.45, 2.75) is 125 Å². The molecule has 200 valence electrons. The van der Waals surface area contributed by atoms with E-state index in [0.29, 0.717) is 29.3 Å². The van der Waals surface area contributed by atoms with E-state index in [4.69, 9.17) is 4.74 Å². The quantitative estimate of drug-likeness (QED) is 0.416. The molecule has 3 nitrogen and oxygen atoms in total. The SMILES string of the molecule is CCO[C@@H]1CC(C)(C)C[C@@H]2C3=CC[C@@H]4[C@@]5(C)CC[C@H](O)[C@@](C)(CO)C5CC[C@@]4(C)[C@]3(C)CC[C@]21C. The Kier molecular flexibility index (Phi) is 6.04. The number of ether oxygens (including phenoxy) is 1. The zero-order chi connectivity index (χ0) is 25.7. The van der Waals surface area contributed by atoms with Crippen molar-refractivity contribution in [2.24, 2.45) is 50.2 Å². The minimum atomic E-state index is -0.379. The smallest absolute Gasteiger partial charge is 0.0639 e. The third kappa shape index (κ3) is 3.32. The van der Waals surface area contributed by atoms with Gasteiger partial charge >= 0.3 is 0 Å². The van der Waals surface area contributed by atoms with E-state index in [1.807, 2.05) is 0 Å². The van der Waals surface area contributed by atoms with Crippen molar-refractivity contribution < 1.29 is 14.9 Å². The summed E-state index contributed by atoms with van der Waals surface area (Å²) in [6.07, 6.45) is 13.1. The van der Waals surface area contributed by atoms with Crippen LogP contribution in [0.25, 0.3) is 0 Å². The number of fused-ring (bicyclic) bond motifs is 7. The molecule has 2 N–H and O–H groups in total. The largest absolute Gasteiger partial charge is 0.396 e. The number of aliphatic hydroxyl groups is 2. The fourth-order valence-electron chi connectivity index (χ4n) is 11.1. The number of allylic oxidation sites excluding steroid dienone is 2. The lowest BCUT2D eigenvalue weighted by atomic mass is 9.33. The lowest BCUT2D eigenvalue weighted by molar-refractivity contribution is -0.219. The molecule has 0 radical (unpaired) electrons. The Labute approximate surface area is 215 Å². The first kappa shape index (κ1) is 26.2. The van der Waals surface area contributed by atoms with E-state index in [2.05, 4.69) is 61.5 Å². The van der Waals surface area contributed by atoms with Crippen LogP contribution in [0.5, 0.6) is 0 Å². The molecular formula is C32H54O3. The second kappa shape index (κ2) is 8.06. The molecule has 5 aliphatic carbocycles. The molecule has 4 saturated carbocycles. The van der Waals surface area contributed by atoms with E-state index in [9.17, 15) is 10.2 Å². The third-order valence-corrected chi connectivity index (χ3v) is 13.6. The average molecular weight is 487 g/mol. The van der Waals surface area contributed by atoms with Crippen LogP contribution in [-0.2, 0) is 4.74 Å². The molecule has 0 bridgehead atoms. The molecule has 0 saturated heterocycles. The zero-order valence-corrected chi connectivity index (χ0v) is 24.0. The summed E-state index contributed by atoms with van der Waals surface area (Å²) < 4.78 is 6.49. The van der Waals surface area contributed by atoms with E-state index in [1.54, 1.807) is 5.57 Å². The number of hydrogen-bond acceptors (Lipinski definition) is 3. The zero-order valence-electron chi connectivity index (χ0n) is 24.0. The molecule has 0 heterocycles. The number of aliphatic hydroxyl groups excluding tert-OH is 2. The molecule has 0 aromatic rings. The maximum Gasteiger partial charge on any atom is 0.0639 e. The molecule has 35 heavy (non-hydrogen) atoms. The second-order valence-corrected chi connectivity index (χ2v) is 15.6. The predicted octanol–water partition coefficient (Wildman–Crippen LogP) is 7.16. The van der Waals surface area contributed by atoms with Crippen LogP contribution in [-0.4, -0.2) is 35.6 Å². The summed E-state index contributed by atoms with van der Waals surface area (Å²) in [6.45, 7) is 20.5. The second-order valence-electron chi connectivity index (χ2n) is 15.6. The van der Waals surface area contributed by atoms with Gasteiger partial charge in [-0.3, -0.25) is 0 Å². The highest BCUT2D eigenvalue weighted by molar-refractivity contribution is 5.34. The molecule has 3 heteroatoms. The predicted molar refractivity (Wildman–Crippen MR) is 143 cm³/mol. The first-order valence-corrected chi connectivity index (χ1v) is 14.8. The summed E-state index contributed by atoms with van der Waals surface area (Å²) in [5.74, 6) is 1.62. The molecule has 0 aromatic carbocycles. The Morgan fingerprint density at radius 2 is 1.60 bits per heavy atom. The van der Waals surface area contributed by atoms with E-state index in [-0.39, 0.29) is 39.8 Å². The lowest BCUT2D eigenvalue weighted by Gasteiger charge is -2.71. The van der Waals surface area contributed by atoms with Crippen LogP contribution < -0.4 is 0 Å². The van der Waals surface area contributed by atoms with Gasteiger partial charge in [0.05, 0.1) is 18.8 Å². The Morgan fingerprint density at radius 1 is 0.886 bits per heavy atom. The Bertz CT molecular complexity index is 878. The van der Waals surface area contributed by atoms with Gasteiger partial charge in [0.15, 0.2) is 0 Å². The van der Waals surface area contributed by atoms with Gasteiger partial charge in [-0.1, -0.05) is 60.1 Å². The molecule has 4 fully saturated rings. The molecular weight excluding hydrogens is 432 g/mol. The highest BCUT2D eigenvalue weighted by Crippen LogP contribution is 2.75. The van der Waals surface area contributed by atoms with Crippen LogP contribution in [0.3, 0.4) is 0 Å². The minimum absolute atomic E-state index is 0.102. The van der Waals surface area contributed by atoms with Crippen LogP contribution in [0.1, 0.15) is 113 Å². The van der Waals surface area contributed by atoms with Crippen molar-refractivity contribution in [1.82, 2.24) is 0 Å². The van der Waals surface area contributed by atoms with Crippen molar-refractivity contribution >= 4 is 0 Å². The Balaban J connectivity index is 1.57. The van der Waals surface area contributed by atoms with Gasteiger partial charge in [0.25, 0.3) is 0 Å². The first-order valence-electron chi connectivity index (χ1n) is 14.8. The molecule has 0 amide bonds. The maximum atomic E-state index is 11.0. The van der Waals surface area contributed by atoms with Gasteiger partial charge < -0.3 is 14.9 Å². The highest BCUT2D eigenvalue weighted by atomic mass is 16.5. The van der Waals surface area contributed by atoms with Crippen molar-refractivity contribution in [3.63, 3.8) is 0 Å². The molecule has 0 aliphatic heterocycles. The van der Waals surface area contributed by atoms with Crippen molar-refractivity contribution in [3.05, 3.63) is 11.6 Å². The molecule has 5 rings (SSSR count). The van der Waals surface area contributed by atoms with E-state index >= 15 is 0 Å². The minimum Gasteiger partial charge on any atom is -0.396 e. The van der Waals surface area contributed by atoms with Gasteiger partial charge in [0, 0.05) is 17.4 Å².